The summed E-state index contributed by atoms with van der Waals surface area (Å²) in [6.07, 6.45) is 2.47. The van der Waals surface area contributed by atoms with Crippen molar-refractivity contribution in [3.8, 4) is 11.4 Å². The van der Waals surface area contributed by atoms with Crippen LogP contribution in [-0.2, 0) is 13.0 Å². The summed E-state index contributed by atoms with van der Waals surface area (Å²) in [6.45, 7) is 8.55. The summed E-state index contributed by atoms with van der Waals surface area (Å²) >= 11 is 0. The Morgan fingerprint density at radius 2 is 1.85 bits per heavy atom. The largest absolute Gasteiger partial charge is 0.508 e. The molecule has 0 bridgehead atoms. The van der Waals surface area contributed by atoms with Gasteiger partial charge >= 0.3 is 0 Å². The summed E-state index contributed by atoms with van der Waals surface area (Å²) in [5, 5.41) is 10.4. The van der Waals surface area contributed by atoms with Gasteiger partial charge in [0.1, 0.15) is 22.6 Å². The van der Waals surface area contributed by atoms with Gasteiger partial charge in [-0.05, 0) is 51.0 Å². The molecule has 3 aromatic heterocycles. The zero-order valence-corrected chi connectivity index (χ0v) is 19.2. The van der Waals surface area contributed by atoms with E-state index in [0.717, 1.165) is 28.2 Å². The normalized spacial score (nSPS) is 13.4. The molecule has 33 heavy (non-hydrogen) atoms. The summed E-state index contributed by atoms with van der Waals surface area (Å²) in [5.41, 5.74) is 13.8. The number of amides is 1. The van der Waals surface area contributed by atoms with Crippen molar-refractivity contribution in [3.63, 3.8) is 0 Å². The summed E-state index contributed by atoms with van der Waals surface area (Å²) in [7, 11) is 0. The molecule has 1 aliphatic rings. The van der Waals surface area contributed by atoms with Crippen LogP contribution in [0.5, 0.6) is 5.75 Å². The molecule has 4 aromatic rings. The Morgan fingerprint density at radius 3 is 2.64 bits per heavy atom. The molecule has 0 aliphatic carbocycles. The molecule has 5 rings (SSSR count). The Labute approximate surface area is 191 Å². The number of anilines is 1. The first-order valence-corrected chi connectivity index (χ1v) is 10.9. The van der Waals surface area contributed by atoms with Gasteiger partial charge < -0.3 is 15.7 Å². The molecule has 0 saturated heterocycles. The first-order valence-electron chi connectivity index (χ1n) is 10.9. The van der Waals surface area contributed by atoms with E-state index in [1.807, 2.05) is 45.9 Å². The number of phenols is 1. The predicted molar refractivity (Wildman–Crippen MR) is 127 cm³/mol. The van der Waals surface area contributed by atoms with E-state index < -0.39 is 0 Å². The van der Waals surface area contributed by atoms with Gasteiger partial charge in [-0.1, -0.05) is 12.1 Å². The fourth-order valence-corrected chi connectivity index (χ4v) is 4.57. The molecule has 168 valence electrons. The Morgan fingerprint density at radius 1 is 1.09 bits per heavy atom. The number of aryl methyl sites for hydroxylation is 3. The molecule has 8 nitrogen and oxygen atoms in total. The first-order chi connectivity index (χ1) is 15.8. The molecule has 0 saturated carbocycles. The zero-order valence-electron chi connectivity index (χ0n) is 19.2. The lowest BCUT2D eigenvalue weighted by atomic mass is 10.0. The van der Waals surface area contributed by atoms with Crippen molar-refractivity contribution in [1.29, 1.82) is 0 Å². The fourth-order valence-electron chi connectivity index (χ4n) is 4.57. The van der Waals surface area contributed by atoms with E-state index in [9.17, 15) is 9.90 Å². The highest BCUT2D eigenvalue weighted by Gasteiger charge is 2.31. The van der Waals surface area contributed by atoms with Crippen molar-refractivity contribution in [2.45, 2.75) is 40.7 Å². The third kappa shape index (κ3) is 3.21. The van der Waals surface area contributed by atoms with Gasteiger partial charge in [0.15, 0.2) is 5.65 Å². The molecule has 1 aliphatic heterocycles. The topological polar surface area (TPSA) is 110 Å². The van der Waals surface area contributed by atoms with Gasteiger partial charge in [0.05, 0.1) is 17.1 Å². The molecular formula is C25H26N6O2. The maximum absolute atomic E-state index is 13.8. The minimum atomic E-state index is -0.182. The highest BCUT2D eigenvalue weighted by atomic mass is 16.3. The average molecular weight is 443 g/mol. The van der Waals surface area contributed by atoms with E-state index in [1.54, 1.807) is 21.7 Å². The van der Waals surface area contributed by atoms with Crippen LogP contribution in [0.4, 0.5) is 5.82 Å². The number of hydrogen-bond acceptors (Lipinski definition) is 6. The van der Waals surface area contributed by atoms with Gasteiger partial charge in [0.25, 0.3) is 5.91 Å². The molecule has 8 heteroatoms. The molecule has 0 unspecified atom stereocenters. The smallest absolute Gasteiger partial charge is 0.260 e. The number of nitrogens with two attached hydrogens (primary N) is 1. The number of nitrogen functional groups attached to an aromatic ring is 1. The first kappa shape index (κ1) is 20.9. The number of benzene rings is 1. The van der Waals surface area contributed by atoms with Crippen molar-refractivity contribution in [2.24, 2.45) is 0 Å². The van der Waals surface area contributed by atoms with Crippen LogP contribution in [0.1, 0.15) is 44.1 Å². The number of carbonyl (C=O) groups is 1. The van der Waals surface area contributed by atoms with Crippen LogP contribution in [0.3, 0.4) is 0 Å². The molecule has 0 spiro atoms. The minimum Gasteiger partial charge on any atom is -0.508 e. The van der Waals surface area contributed by atoms with E-state index in [-0.39, 0.29) is 17.5 Å². The van der Waals surface area contributed by atoms with Gasteiger partial charge in [-0.15, -0.1) is 0 Å². The Balaban J connectivity index is 1.73. The average Bonchev–Trinajstić information content (AvgIpc) is 3.07. The third-order valence-corrected chi connectivity index (χ3v) is 6.53. The fraction of sp³-hybridized carbons (Fsp3) is 0.280. The Kier molecular flexibility index (Phi) is 4.81. The molecule has 1 amide bonds. The lowest BCUT2D eigenvalue weighted by Gasteiger charge is -2.28. The third-order valence-electron chi connectivity index (χ3n) is 6.53. The van der Waals surface area contributed by atoms with Gasteiger partial charge in [-0.2, -0.15) is 0 Å². The Hall–Kier alpha value is -3.94. The number of rotatable bonds is 2. The van der Waals surface area contributed by atoms with Crippen LogP contribution in [-0.4, -0.2) is 42.0 Å². The van der Waals surface area contributed by atoms with Crippen molar-refractivity contribution < 1.29 is 9.90 Å². The lowest BCUT2D eigenvalue weighted by molar-refractivity contribution is 0.0736. The maximum Gasteiger partial charge on any atom is 0.260 e. The summed E-state index contributed by atoms with van der Waals surface area (Å²) in [6, 6.07) is 7.37. The number of nitrogens with zero attached hydrogens (tertiary/aromatic N) is 5. The van der Waals surface area contributed by atoms with E-state index in [1.165, 1.54) is 0 Å². The molecule has 0 fully saturated rings. The number of aromatic nitrogens is 4. The second kappa shape index (κ2) is 7.58. The van der Waals surface area contributed by atoms with E-state index >= 15 is 0 Å². The Bertz CT molecular complexity index is 1440. The molecule has 0 atom stereocenters. The summed E-state index contributed by atoms with van der Waals surface area (Å²) in [4.78, 5) is 29.5. The van der Waals surface area contributed by atoms with Gasteiger partial charge in [0, 0.05) is 37.0 Å². The monoisotopic (exact) mass is 442 g/mol. The van der Waals surface area contributed by atoms with E-state index in [2.05, 4.69) is 4.98 Å². The van der Waals surface area contributed by atoms with Crippen LogP contribution in [0, 0.1) is 27.7 Å². The lowest BCUT2D eigenvalue weighted by Crippen LogP contribution is -2.36. The molecule has 0 radical (unpaired) electrons. The number of carbonyl (C=O) groups excluding carboxylic acids is 1. The van der Waals surface area contributed by atoms with E-state index in [0.29, 0.717) is 47.5 Å². The number of fused-ring (bicyclic) bond motifs is 2. The highest BCUT2D eigenvalue weighted by molar-refractivity contribution is 6.10. The van der Waals surface area contributed by atoms with Crippen molar-refractivity contribution >= 4 is 22.9 Å². The van der Waals surface area contributed by atoms with Crippen LogP contribution >= 0.6 is 0 Å². The zero-order chi connectivity index (χ0) is 23.4. The molecule has 3 N–H and O–H groups in total. The number of hydrogen-bond donors (Lipinski definition) is 2. The van der Waals surface area contributed by atoms with Gasteiger partial charge in [0.2, 0.25) is 0 Å². The van der Waals surface area contributed by atoms with Crippen molar-refractivity contribution in [2.75, 3.05) is 12.3 Å². The number of phenolic OH excluding ortho intramolecular Hbond substituents is 1. The SMILES string of the molecule is Cc1ccc(O)c(C)c1-n1c(N)c(C(=O)N2CCc3ncccc3C2)c2nc(C)c(C)nc21. The highest BCUT2D eigenvalue weighted by Crippen LogP contribution is 2.36. The van der Waals surface area contributed by atoms with Crippen LogP contribution < -0.4 is 5.73 Å². The molecule has 1 aromatic carbocycles. The van der Waals surface area contributed by atoms with Crippen LogP contribution in [0.2, 0.25) is 0 Å². The molecular weight excluding hydrogens is 416 g/mol. The van der Waals surface area contributed by atoms with Crippen molar-refractivity contribution in [1.82, 2.24) is 24.4 Å². The standard InChI is InChI=1S/C25H26N6O2/c1-13-7-8-19(32)14(2)22(13)31-23(26)20(21-24(31)29-16(4)15(3)28-21)25(33)30-11-9-18-17(12-30)6-5-10-27-18/h5-8,10,32H,9,11-12,26H2,1-4H3. The van der Waals surface area contributed by atoms with Crippen LogP contribution in [0.15, 0.2) is 30.5 Å². The summed E-state index contributed by atoms with van der Waals surface area (Å²) < 4.78 is 1.76. The van der Waals surface area contributed by atoms with E-state index in [4.69, 9.17) is 15.7 Å². The van der Waals surface area contributed by atoms with Crippen LogP contribution in [0.25, 0.3) is 16.9 Å². The second-order valence-corrected chi connectivity index (χ2v) is 8.62. The number of aromatic hydroxyl groups is 1. The quantitative estimate of drug-likeness (QED) is 0.491. The maximum atomic E-state index is 13.8. The molecule has 4 heterocycles. The second-order valence-electron chi connectivity index (χ2n) is 8.62. The number of pyridine rings is 1. The van der Waals surface area contributed by atoms with Crippen molar-refractivity contribution in [3.05, 3.63) is 69.8 Å². The minimum absolute atomic E-state index is 0.154. The predicted octanol–water partition coefficient (Wildman–Crippen LogP) is 3.54. The van der Waals surface area contributed by atoms with Gasteiger partial charge in [-0.3, -0.25) is 14.3 Å². The van der Waals surface area contributed by atoms with Gasteiger partial charge in [-0.25, -0.2) is 9.97 Å². The summed E-state index contributed by atoms with van der Waals surface area (Å²) in [5.74, 6) is 0.245.